The summed E-state index contributed by atoms with van der Waals surface area (Å²) in [6.45, 7) is 1.56. The number of halogens is 1. The Morgan fingerprint density at radius 3 is 2.33 bits per heavy atom. The monoisotopic (exact) mass is 574 g/mol. The van der Waals surface area contributed by atoms with Crippen molar-refractivity contribution in [2.24, 2.45) is 17.8 Å². The number of Topliss-reactive ketones (excluding diaryl/α,β-unsaturated/α-hetero) is 1. The van der Waals surface area contributed by atoms with Crippen molar-refractivity contribution in [2.45, 2.75) is 25.7 Å². The summed E-state index contributed by atoms with van der Waals surface area (Å²) in [4.78, 5) is 55.7. The first-order valence-corrected chi connectivity index (χ1v) is 14.2. The van der Waals surface area contributed by atoms with Gasteiger partial charge in [0.15, 0.2) is 23.1 Å². The Kier molecular flexibility index (Phi) is 6.23. The maximum atomic E-state index is 14.6. The Morgan fingerprint density at radius 2 is 1.58 bits per heavy atom. The van der Waals surface area contributed by atoms with Crippen molar-refractivity contribution in [2.75, 3.05) is 10.2 Å². The summed E-state index contributed by atoms with van der Waals surface area (Å²) >= 11 is 0. The number of nitrogens with zero attached hydrogens (tertiary/aromatic N) is 1. The molecule has 0 bridgehead atoms. The Morgan fingerprint density at radius 1 is 0.860 bits per heavy atom. The zero-order valence-electron chi connectivity index (χ0n) is 23.2. The molecular weight excluding hydrogens is 547 g/mol. The van der Waals surface area contributed by atoms with E-state index >= 15 is 0 Å². The number of anilines is 3. The van der Waals surface area contributed by atoms with E-state index in [1.54, 1.807) is 31.2 Å². The van der Waals surface area contributed by atoms with E-state index in [2.05, 4.69) is 5.32 Å². The van der Waals surface area contributed by atoms with Gasteiger partial charge in [-0.2, -0.15) is 0 Å². The highest BCUT2D eigenvalue weighted by molar-refractivity contribution is 6.25. The quantitative estimate of drug-likeness (QED) is 0.228. The van der Waals surface area contributed by atoms with Crippen LogP contribution in [0.15, 0.2) is 107 Å². The SMILES string of the molecule is CC1=CC(=O)C2=C(C1=O)C(c1cccc(F)c1O)C1=CCC3C(=O)N(c4ccc(Nc5ccccc5)cc4)C(=O)C3C1C2. The molecule has 2 N–H and O–H groups in total. The lowest BCUT2D eigenvalue weighted by atomic mass is 9.59. The fourth-order valence-electron chi connectivity index (χ4n) is 7.12. The van der Waals surface area contributed by atoms with Gasteiger partial charge in [0, 0.05) is 39.6 Å². The number of allylic oxidation sites excluding steroid dienone is 6. The van der Waals surface area contributed by atoms with Gasteiger partial charge in [-0.1, -0.05) is 42.0 Å². The number of benzene rings is 3. The Labute approximate surface area is 247 Å². The third kappa shape index (κ3) is 4.16. The number of ketones is 2. The molecule has 4 unspecified atom stereocenters. The van der Waals surface area contributed by atoms with Crippen LogP contribution < -0.4 is 10.2 Å². The number of phenolic OH excluding ortho intramolecular Hbond substituents is 1. The molecule has 1 saturated heterocycles. The maximum absolute atomic E-state index is 14.6. The summed E-state index contributed by atoms with van der Waals surface area (Å²) in [6, 6.07) is 20.8. The minimum absolute atomic E-state index is 0.107. The summed E-state index contributed by atoms with van der Waals surface area (Å²) in [6.07, 6.45) is 3.49. The Balaban J connectivity index is 1.26. The molecule has 0 radical (unpaired) electrons. The third-order valence-corrected chi connectivity index (χ3v) is 9.08. The topological polar surface area (TPSA) is 104 Å². The molecule has 3 aliphatic carbocycles. The van der Waals surface area contributed by atoms with Crippen molar-refractivity contribution in [3.8, 4) is 5.75 Å². The number of carbonyl (C=O) groups excluding carboxylic acids is 4. The molecule has 0 aromatic heterocycles. The van der Waals surface area contributed by atoms with Crippen molar-refractivity contribution in [3.63, 3.8) is 0 Å². The van der Waals surface area contributed by atoms with Gasteiger partial charge < -0.3 is 10.4 Å². The van der Waals surface area contributed by atoms with Crippen LogP contribution >= 0.6 is 0 Å². The molecule has 214 valence electrons. The molecule has 1 fully saturated rings. The van der Waals surface area contributed by atoms with E-state index in [9.17, 15) is 28.7 Å². The lowest BCUT2D eigenvalue weighted by Gasteiger charge is -2.42. The summed E-state index contributed by atoms with van der Waals surface area (Å²) in [7, 11) is 0. The molecule has 3 aromatic carbocycles. The number of imide groups is 1. The number of phenols is 1. The lowest BCUT2D eigenvalue weighted by Crippen LogP contribution is -2.39. The third-order valence-electron chi connectivity index (χ3n) is 9.08. The average molecular weight is 575 g/mol. The van der Waals surface area contributed by atoms with E-state index in [1.165, 1.54) is 23.1 Å². The summed E-state index contributed by atoms with van der Waals surface area (Å²) in [5, 5.41) is 14.1. The number of hydrogen-bond acceptors (Lipinski definition) is 6. The standard InChI is InChI=1S/C35H27FN2O5/c1-18-16-28(39)26-17-25-22(29(31(26)32(18)40)23-8-5-9-27(36)33(23)41)14-15-24-30(25)35(43)38(34(24)42)21-12-10-20(11-13-21)37-19-6-3-2-4-7-19/h2-14,16,24-25,29-30,37,41H,15,17H2,1H3. The fraction of sp³-hybridized carbons (Fsp3) is 0.200. The minimum atomic E-state index is -0.911. The normalized spacial score (nSPS) is 24.7. The van der Waals surface area contributed by atoms with Crippen LogP contribution in [-0.2, 0) is 19.2 Å². The number of aromatic hydroxyl groups is 1. The van der Waals surface area contributed by atoms with Crippen LogP contribution in [-0.4, -0.2) is 28.5 Å². The van der Waals surface area contributed by atoms with Crippen LogP contribution in [0, 0.1) is 23.6 Å². The van der Waals surface area contributed by atoms with Gasteiger partial charge in [-0.25, -0.2) is 4.39 Å². The van der Waals surface area contributed by atoms with E-state index in [1.807, 2.05) is 36.4 Å². The second-order valence-corrected chi connectivity index (χ2v) is 11.5. The Bertz CT molecular complexity index is 1820. The van der Waals surface area contributed by atoms with Gasteiger partial charge in [0.1, 0.15) is 0 Å². The van der Waals surface area contributed by atoms with Gasteiger partial charge in [0.25, 0.3) is 0 Å². The van der Waals surface area contributed by atoms with Crippen molar-refractivity contribution in [1.82, 2.24) is 0 Å². The molecule has 8 heteroatoms. The molecule has 4 aliphatic rings. The van der Waals surface area contributed by atoms with Crippen molar-refractivity contribution in [3.05, 3.63) is 119 Å². The van der Waals surface area contributed by atoms with Crippen LogP contribution in [0.4, 0.5) is 21.5 Å². The zero-order chi connectivity index (χ0) is 30.0. The molecule has 7 nitrogen and oxygen atoms in total. The predicted molar refractivity (Wildman–Crippen MR) is 158 cm³/mol. The van der Waals surface area contributed by atoms with Gasteiger partial charge in [-0.15, -0.1) is 0 Å². The summed E-state index contributed by atoms with van der Waals surface area (Å²) < 4.78 is 14.6. The van der Waals surface area contributed by atoms with Gasteiger partial charge >= 0.3 is 0 Å². The summed E-state index contributed by atoms with van der Waals surface area (Å²) in [5.74, 6) is -5.72. The van der Waals surface area contributed by atoms with Gasteiger partial charge in [-0.05, 0) is 74.2 Å². The first-order valence-electron chi connectivity index (χ1n) is 14.2. The average Bonchev–Trinajstić information content (AvgIpc) is 3.27. The van der Waals surface area contributed by atoms with Crippen molar-refractivity contribution in [1.29, 1.82) is 0 Å². The van der Waals surface area contributed by atoms with Gasteiger partial charge in [-0.3, -0.25) is 24.1 Å². The number of amides is 2. The van der Waals surface area contributed by atoms with Crippen LogP contribution in [0.2, 0.25) is 0 Å². The molecule has 2 amide bonds. The number of hydrogen-bond donors (Lipinski definition) is 2. The molecule has 0 saturated carbocycles. The fourth-order valence-corrected chi connectivity index (χ4v) is 7.12. The highest BCUT2D eigenvalue weighted by atomic mass is 19.1. The summed E-state index contributed by atoms with van der Waals surface area (Å²) in [5.41, 5.74) is 3.68. The van der Waals surface area contributed by atoms with Crippen LogP contribution in [0.25, 0.3) is 0 Å². The van der Waals surface area contributed by atoms with E-state index in [-0.39, 0.29) is 58.5 Å². The molecule has 0 spiro atoms. The molecule has 1 aliphatic heterocycles. The number of fused-ring (bicyclic) bond motifs is 3. The second kappa shape index (κ2) is 10.0. The largest absolute Gasteiger partial charge is 0.505 e. The van der Waals surface area contributed by atoms with Crippen LogP contribution in [0.1, 0.15) is 31.2 Å². The van der Waals surface area contributed by atoms with Crippen molar-refractivity contribution < 1.29 is 28.7 Å². The smallest absolute Gasteiger partial charge is 0.238 e. The number of nitrogens with one attached hydrogen (secondary N) is 1. The van der Waals surface area contributed by atoms with Crippen LogP contribution in [0.5, 0.6) is 5.75 Å². The van der Waals surface area contributed by atoms with Crippen molar-refractivity contribution >= 4 is 40.4 Å². The van der Waals surface area contributed by atoms with Crippen LogP contribution in [0.3, 0.4) is 0 Å². The van der Waals surface area contributed by atoms with E-state index in [0.717, 1.165) is 17.4 Å². The maximum Gasteiger partial charge on any atom is 0.238 e. The molecule has 3 aromatic rings. The number of para-hydroxylation sites is 2. The Hall–Kier alpha value is -5.11. The zero-order valence-corrected chi connectivity index (χ0v) is 23.2. The molecule has 1 heterocycles. The number of rotatable bonds is 4. The van der Waals surface area contributed by atoms with E-state index in [0.29, 0.717) is 11.3 Å². The van der Waals surface area contributed by atoms with Gasteiger partial charge in [0.05, 0.1) is 17.5 Å². The predicted octanol–water partition coefficient (Wildman–Crippen LogP) is 5.91. The first-order chi connectivity index (χ1) is 20.7. The molecule has 4 atom stereocenters. The number of carbonyl (C=O) groups is 4. The molecule has 7 rings (SSSR count). The minimum Gasteiger partial charge on any atom is -0.505 e. The molecular formula is C35H27FN2O5. The molecule has 43 heavy (non-hydrogen) atoms. The van der Waals surface area contributed by atoms with Gasteiger partial charge in [0.2, 0.25) is 11.8 Å². The highest BCUT2D eigenvalue weighted by Crippen LogP contribution is 2.56. The second-order valence-electron chi connectivity index (χ2n) is 11.5. The van der Waals surface area contributed by atoms with E-state index in [4.69, 9.17) is 0 Å². The lowest BCUT2D eigenvalue weighted by molar-refractivity contribution is -0.123. The van der Waals surface area contributed by atoms with E-state index < -0.39 is 35.2 Å². The highest BCUT2D eigenvalue weighted by Gasteiger charge is 2.56. The first kappa shape index (κ1) is 26.8.